The van der Waals surface area contributed by atoms with Crippen LogP contribution < -0.4 is 0 Å². The van der Waals surface area contributed by atoms with Gasteiger partial charge in [0.05, 0.1) is 11.0 Å². The molecule has 3 rings (SSSR count). The van der Waals surface area contributed by atoms with Gasteiger partial charge in [-0.3, -0.25) is 4.79 Å². The lowest BCUT2D eigenvalue weighted by atomic mass is 10.2. The lowest BCUT2D eigenvalue weighted by molar-refractivity contribution is -0.132. The Bertz CT molecular complexity index is 691. The van der Waals surface area contributed by atoms with Gasteiger partial charge in [-0.2, -0.15) is 0 Å². The van der Waals surface area contributed by atoms with Crippen LogP contribution in [-0.2, 0) is 16.0 Å². The number of carbonyl (C=O) groups is 1. The summed E-state index contributed by atoms with van der Waals surface area (Å²) >= 11 is 1.62. The molecule has 0 bridgehead atoms. The summed E-state index contributed by atoms with van der Waals surface area (Å²) < 4.78 is 11.4. The smallest absolute Gasteiger partial charge is 0.257 e. The quantitative estimate of drug-likeness (QED) is 0.718. The Morgan fingerprint density at radius 1 is 1.40 bits per heavy atom. The van der Waals surface area contributed by atoms with Gasteiger partial charge >= 0.3 is 0 Å². The van der Waals surface area contributed by atoms with Crippen molar-refractivity contribution in [3.8, 4) is 10.8 Å². The van der Waals surface area contributed by atoms with E-state index in [1.165, 1.54) is 4.88 Å². The number of aryl methyl sites for hydroxylation is 2. The molecule has 1 fully saturated rings. The highest BCUT2D eigenvalue weighted by Crippen LogP contribution is 2.26. The minimum absolute atomic E-state index is 0.129. The number of hydrogen-bond donors (Lipinski definition) is 0. The molecule has 136 valence electrons. The van der Waals surface area contributed by atoms with Crippen LogP contribution in [-0.4, -0.2) is 46.8 Å². The minimum atomic E-state index is 0.129. The van der Waals surface area contributed by atoms with Crippen LogP contribution in [0.1, 0.15) is 43.4 Å². The number of aromatic nitrogens is 2. The van der Waals surface area contributed by atoms with E-state index in [2.05, 4.69) is 17.1 Å². The van der Waals surface area contributed by atoms with E-state index in [4.69, 9.17) is 9.15 Å². The van der Waals surface area contributed by atoms with E-state index < -0.39 is 0 Å². The lowest BCUT2D eigenvalue weighted by Crippen LogP contribution is -2.38. The molecule has 1 aliphatic heterocycles. The first kappa shape index (κ1) is 18.1. The summed E-state index contributed by atoms with van der Waals surface area (Å²) in [6, 6.07) is 4.01. The molecule has 0 radical (unpaired) electrons. The molecule has 1 amide bonds. The number of ether oxygens (including phenoxy) is 1. The summed E-state index contributed by atoms with van der Waals surface area (Å²) in [5.41, 5.74) is 0. The molecule has 7 heteroatoms. The highest BCUT2D eigenvalue weighted by atomic mass is 32.1. The summed E-state index contributed by atoms with van der Waals surface area (Å²) in [6.07, 6.45) is 4.13. The van der Waals surface area contributed by atoms with Crippen molar-refractivity contribution in [3.63, 3.8) is 0 Å². The highest BCUT2D eigenvalue weighted by molar-refractivity contribution is 7.15. The molecule has 1 saturated heterocycles. The minimum Gasteiger partial charge on any atom is -0.420 e. The van der Waals surface area contributed by atoms with Gasteiger partial charge in [0, 0.05) is 37.4 Å². The average Bonchev–Trinajstić information content (AvgIpc) is 3.33. The third-order valence-electron chi connectivity index (χ3n) is 4.26. The lowest BCUT2D eigenvalue weighted by Gasteiger charge is -2.25. The number of thiophene rings is 1. The van der Waals surface area contributed by atoms with Gasteiger partial charge in [0.15, 0.2) is 0 Å². The summed E-state index contributed by atoms with van der Waals surface area (Å²) in [5, 5.41) is 8.17. The Labute approximate surface area is 152 Å². The summed E-state index contributed by atoms with van der Waals surface area (Å²) in [4.78, 5) is 16.6. The van der Waals surface area contributed by atoms with Crippen LogP contribution in [0.5, 0.6) is 0 Å². The van der Waals surface area contributed by atoms with E-state index in [1.54, 1.807) is 11.3 Å². The van der Waals surface area contributed by atoms with Gasteiger partial charge in [-0.05, 0) is 38.3 Å². The van der Waals surface area contributed by atoms with Crippen LogP contribution in [0, 0.1) is 6.92 Å². The van der Waals surface area contributed by atoms with Crippen molar-refractivity contribution >= 4 is 17.2 Å². The van der Waals surface area contributed by atoms with Crippen molar-refractivity contribution in [2.24, 2.45) is 0 Å². The van der Waals surface area contributed by atoms with Gasteiger partial charge in [-0.1, -0.05) is 6.92 Å². The van der Waals surface area contributed by atoms with Crippen LogP contribution >= 0.6 is 11.3 Å². The number of rotatable bonds is 8. The van der Waals surface area contributed by atoms with Crippen LogP contribution in [0.3, 0.4) is 0 Å². The van der Waals surface area contributed by atoms with Crippen molar-refractivity contribution in [1.29, 1.82) is 0 Å². The predicted octanol–water partition coefficient (Wildman–Crippen LogP) is 3.46. The van der Waals surface area contributed by atoms with Gasteiger partial charge in [-0.25, -0.2) is 0 Å². The maximum Gasteiger partial charge on any atom is 0.257 e. The van der Waals surface area contributed by atoms with Gasteiger partial charge in [-0.15, -0.1) is 21.5 Å². The zero-order valence-corrected chi connectivity index (χ0v) is 15.7. The third kappa shape index (κ3) is 4.89. The molecule has 6 nitrogen and oxygen atoms in total. The number of carbonyl (C=O) groups excluding carboxylic acids is 1. The van der Waals surface area contributed by atoms with Crippen molar-refractivity contribution in [3.05, 3.63) is 22.9 Å². The zero-order chi connectivity index (χ0) is 17.6. The molecule has 0 saturated carbocycles. The SMILES string of the molecule is CCCN(C[C@H]1CCCO1)C(=O)CCc1nnc(-c2ccc(C)s2)o1. The fraction of sp³-hybridized carbons (Fsp3) is 0.611. The largest absolute Gasteiger partial charge is 0.420 e. The Hall–Kier alpha value is -1.73. The van der Waals surface area contributed by atoms with Gasteiger partial charge in [0.2, 0.25) is 11.8 Å². The molecule has 2 aromatic heterocycles. The molecule has 25 heavy (non-hydrogen) atoms. The van der Waals surface area contributed by atoms with Crippen molar-refractivity contribution in [2.75, 3.05) is 19.7 Å². The molecule has 1 aliphatic rings. The van der Waals surface area contributed by atoms with Gasteiger partial charge in [0.1, 0.15) is 0 Å². The van der Waals surface area contributed by atoms with Crippen LogP contribution in [0.4, 0.5) is 0 Å². The maximum absolute atomic E-state index is 12.6. The van der Waals surface area contributed by atoms with E-state index in [0.29, 0.717) is 31.2 Å². The Balaban J connectivity index is 1.54. The Morgan fingerprint density at radius 3 is 2.96 bits per heavy atom. The summed E-state index contributed by atoms with van der Waals surface area (Å²) in [7, 11) is 0. The number of nitrogens with zero attached hydrogens (tertiary/aromatic N) is 3. The van der Waals surface area contributed by atoms with Crippen LogP contribution in [0.25, 0.3) is 10.8 Å². The average molecular weight is 363 g/mol. The fourth-order valence-corrected chi connectivity index (χ4v) is 3.79. The second-order valence-corrected chi connectivity index (χ2v) is 7.67. The highest BCUT2D eigenvalue weighted by Gasteiger charge is 2.22. The molecule has 0 N–H and O–H groups in total. The molecular formula is C18H25N3O3S. The predicted molar refractivity (Wildman–Crippen MR) is 96.5 cm³/mol. The van der Waals surface area contributed by atoms with E-state index in [1.807, 2.05) is 24.0 Å². The van der Waals surface area contributed by atoms with Gasteiger partial charge < -0.3 is 14.1 Å². The zero-order valence-electron chi connectivity index (χ0n) is 14.9. The van der Waals surface area contributed by atoms with E-state index in [-0.39, 0.29) is 12.0 Å². The standard InChI is InChI=1S/C18H25N3O3S/c1-3-10-21(12-14-5-4-11-23-14)17(22)9-8-16-19-20-18(24-16)15-7-6-13(2)25-15/h6-7,14H,3-5,8-12H2,1-2H3/t14-/m1/s1. The molecular weight excluding hydrogens is 338 g/mol. The fourth-order valence-electron chi connectivity index (χ4n) is 3.00. The maximum atomic E-state index is 12.6. The van der Waals surface area contributed by atoms with Crippen molar-refractivity contribution in [1.82, 2.24) is 15.1 Å². The first-order valence-corrected chi connectivity index (χ1v) is 9.76. The number of amides is 1. The monoisotopic (exact) mass is 363 g/mol. The molecule has 1 atom stereocenters. The number of hydrogen-bond acceptors (Lipinski definition) is 6. The summed E-state index contributed by atoms with van der Waals surface area (Å²) in [5.74, 6) is 1.18. The van der Waals surface area contributed by atoms with Gasteiger partial charge in [0.25, 0.3) is 5.89 Å². The molecule has 0 aromatic carbocycles. The molecule has 0 aliphatic carbocycles. The second-order valence-electron chi connectivity index (χ2n) is 6.39. The second kappa shape index (κ2) is 8.58. The van der Waals surface area contributed by atoms with Crippen molar-refractivity contribution < 1.29 is 13.9 Å². The summed E-state index contributed by atoms with van der Waals surface area (Å²) in [6.45, 7) is 6.40. The van der Waals surface area contributed by atoms with Crippen LogP contribution in [0.2, 0.25) is 0 Å². The Kier molecular flexibility index (Phi) is 6.20. The van der Waals surface area contributed by atoms with E-state index in [9.17, 15) is 4.79 Å². The Morgan fingerprint density at radius 2 is 2.28 bits per heavy atom. The third-order valence-corrected chi connectivity index (χ3v) is 5.25. The van der Waals surface area contributed by atoms with E-state index in [0.717, 1.165) is 37.3 Å². The molecule has 0 spiro atoms. The molecule has 3 heterocycles. The normalized spacial score (nSPS) is 17.1. The first-order chi connectivity index (χ1) is 12.2. The van der Waals surface area contributed by atoms with Crippen molar-refractivity contribution in [2.45, 2.75) is 52.1 Å². The van der Waals surface area contributed by atoms with E-state index >= 15 is 0 Å². The first-order valence-electron chi connectivity index (χ1n) is 8.94. The topological polar surface area (TPSA) is 68.5 Å². The molecule has 0 unspecified atom stereocenters. The van der Waals surface area contributed by atoms with Crippen LogP contribution in [0.15, 0.2) is 16.5 Å². The molecule has 2 aromatic rings.